The number of aromatic nitrogens is 2. The molecule has 7 nitrogen and oxygen atoms in total. The fourth-order valence-electron chi connectivity index (χ4n) is 4.76. The first-order valence-electron chi connectivity index (χ1n) is 11.3. The molecule has 0 bridgehead atoms. The lowest BCUT2D eigenvalue weighted by atomic mass is 10.00. The summed E-state index contributed by atoms with van der Waals surface area (Å²) in [6, 6.07) is 16.3. The van der Waals surface area contributed by atoms with Crippen LogP contribution < -0.4 is 4.90 Å². The van der Waals surface area contributed by atoms with E-state index in [1.54, 1.807) is 6.92 Å². The van der Waals surface area contributed by atoms with Crippen molar-refractivity contribution in [3.63, 3.8) is 0 Å². The highest BCUT2D eigenvalue weighted by Gasteiger charge is 2.33. The molecule has 2 aliphatic heterocycles. The van der Waals surface area contributed by atoms with Gasteiger partial charge in [-0.15, -0.1) is 10.2 Å². The maximum absolute atomic E-state index is 13.9. The summed E-state index contributed by atoms with van der Waals surface area (Å²) in [5.41, 5.74) is 3.74. The highest BCUT2D eigenvalue weighted by Crippen LogP contribution is 2.33. The van der Waals surface area contributed by atoms with Crippen LogP contribution in [0.15, 0.2) is 52.9 Å². The third kappa shape index (κ3) is 4.00. The topological polar surface area (TPSA) is 65.7 Å². The van der Waals surface area contributed by atoms with Crippen LogP contribution in [-0.4, -0.2) is 65.7 Å². The van der Waals surface area contributed by atoms with E-state index in [4.69, 9.17) is 4.42 Å². The van der Waals surface area contributed by atoms with Gasteiger partial charge in [-0.2, -0.15) is 0 Å². The van der Waals surface area contributed by atoms with Gasteiger partial charge >= 0.3 is 0 Å². The Kier molecular flexibility index (Phi) is 5.66. The number of rotatable bonds is 4. The Labute approximate surface area is 188 Å². The van der Waals surface area contributed by atoms with E-state index in [-0.39, 0.29) is 11.9 Å². The van der Waals surface area contributed by atoms with Gasteiger partial charge in [0.1, 0.15) is 0 Å². The molecule has 0 spiro atoms. The molecule has 0 N–H and O–H groups in total. The van der Waals surface area contributed by atoms with E-state index in [0.29, 0.717) is 18.3 Å². The monoisotopic (exact) mass is 431 g/mol. The molecule has 0 aliphatic carbocycles. The normalized spacial score (nSPS) is 19.5. The number of piperazine rings is 1. The van der Waals surface area contributed by atoms with Crippen molar-refractivity contribution in [1.29, 1.82) is 0 Å². The molecule has 1 atom stereocenters. The van der Waals surface area contributed by atoms with Crippen LogP contribution in [0.4, 0.5) is 5.69 Å². The number of anilines is 1. The summed E-state index contributed by atoms with van der Waals surface area (Å²) in [5.74, 6) is 1.11. The number of amides is 1. The molecular formula is C25H29N5O2. The van der Waals surface area contributed by atoms with E-state index in [1.165, 1.54) is 5.56 Å². The third-order valence-electron chi connectivity index (χ3n) is 6.48. The van der Waals surface area contributed by atoms with Crippen molar-refractivity contribution in [2.45, 2.75) is 25.8 Å². The SMILES string of the molecule is Cc1nnc(-c2ccc(C(=O)N3CCN(C)CC3c3ccccc3)c(N3CCCC3)c2)o1. The molecule has 0 saturated carbocycles. The molecule has 1 aromatic heterocycles. The van der Waals surface area contributed by atoms with Gasteiger partial charge in [-0.3, -0.25) is 4.79 Å². The molecule has 32 heavy (non-hydrogen) atoms. The zero-order chi connectivity index (χ0) is 22.1. The Morgan fingerprint density at radius 1 is 1.00 bits per heavy atom. The predicted molar refractivity (Wildman–Crippen MR) is 124 cm³/mol. The van der Waals surface area contributed by atoms with Gasteiger partial charge in [0.15, 0.2) is 0 Å². The zero-order valence-corrected chi connectivity index (χ0v) is 18.7. The van der Waals surface area contributed by atoms with Crippen molar-refractivity contribution >= 4 is 11.6 Å². The molecule has 0 radical (unpaired) electrons. The number of aryl methyl sites for hydroxylation is 1. The van der Waals surface area contributed by atoms with Crippen LogP contribution >= 0.6 is 0 Å². The van der Waals surface area contributed by atoms with E-state index in [9.17, 15) is 4.79 Å². The summed E-state index contributed by atoms with van der Waals surface area (Å²) in [7, 11) is 2.12. The summed E-state index contributed by atoms with van der Waals surface area (Å²) in [6.45, 7) is 6.10. The molecule has 2 saturated heterocycles. The van der Waals surface area contributed by atoms with Crippen LogP contribution in [0.25, 0.3) is 11.5 Å². The van der Waals surface area contributed by atoms with E-state index < -0.39 is 0 Å². The molecule has 3 heterocycles. The lowest BCUT2D eigenvalue weighted by Gasteiger charge is -2.41. The van der Waals surface area contributed by atoms with Gasteiger partial charge in [-0.1, -0.05) is 30.3 Å². The lowest BCUT2D eigenvalue weighted by molar-refractivity contribution is 0.0498. The number of likely N-dealkylation sites (N-methyl/N-ethyl adjacent to an activating group) is 1. The van der Waals surface area contributed by atoms with Crippen LogP contribution in [0.1, 0.15) is 40.7 Å². The van der Waals surface area contributed by atoms with Gasteiger partial charge in [0, 0.05) is 45.2 Å². The number of hydrogen-bond acceptors (Lipinski definition) is 6. The van der Waals surface area contributed by atoms with E-state index in [1.807, 2.05) is 41.3 Å². The van der Waals surface area contributed by atoms with Gasteiger partial charge in [0.25, 0.3) is 5.91 Å². The second kappa shape index (κ2) is 8.74. The molecule has 166 valence electrons. The smallest absolute Gasteiger partial charge is 0.256 e. The average Bonchev–Trinajstić information content (AvgIpc) is 3.51. The van der Waals surface area contributed by atoms with Crippen LogP contribution in [0.5, 0.6) is 0 Å². The third-order valence-corrected chi connectivity index (χ3v) is 6.48. The highest BCUT2D eigenvalue weighted by molar-refractivity contribution is 6.01. The molecule has 2 fully saturated rings. The van der Waals surface area contributed by atoms with Crippen LogP contribution in [0, 0.1) is 6.92 Å². The maximum atomic E-state index is 13.9. The molecule has 1 unspecified atom stereocenters. The Morgan fingerprint density at radius 3 is 2.50 bits per heavy atom. The number of carbonyl (C=O) groups is 1. The Morgan fingerprint density at radius 2 is 1.78 bits per heavy atom. The molecule has 5 rings (SSSR count). The highest BCUT2D eigenvalue weighted by atomic mass is 16.4. The molecule has 7 heteroatoms. The molecule has 2 aliphatic rings. The lowest BCUT2D eigenvalue weighted by Crippen LogP contribution is -2.49. The van der Waals surface area contributed by atoms with Gasteiger partial charge in [-0.05, 0) is 43.7 Å². The number of hydrogen-bond donors (Lipinski definition) is 0. The number of carbonyl (C=O) groups excluding carboxylic acids is 1. The van der Waals surface area contributed by atoms with E-state index in [2.05, 4.69) is 39.2 Å². The average molecular weight is 432 g/mol. The minimum atomic E-state index is 0.0344. The van der Waals surface area contributed by atoms with Crippen LogP contribution in [-0.2, 0) is 0 Å². The van der Waals surface area contributed by atoms with Crippen LogP contribution in [0.2, 0.25) is 0 Å². The van der Waals surface area contributed by atoms with Gasteiger partial charge in [0.05, 0.1) is 17.3 Å². The summed E-state index contributed by atoms with van der Waals surface area (Å²) in [4.78, 5) is 20.6. The van der Waals surface area contributed by atoms with Gasteiger partial charge in [0.2, 0.25) is 11.8 Å². The first-order valence-corrected chi connectivity index (χ1v) is 11.3. The fraction of sp³-hybridized carbons (Fsp3) is 0.400. The van der Waals surface area contributed by atoms with Crippen molar-refractivity contribution < 1.29 is 9.21 Å². The van der Waals surface area contributed by atoms with E-state index in [0.717, 1.165) is 55.8 Å². The molecule has 2 aromatic carbocycles. The Bertz CT molecular complexity index is 1090. The summed E-state index contributed by atoms with van der Waals surface area (Å²) in [5, 5.41) is 8.13. The predicted octanol–water partition coefficient (Wildman–Crippen LogP) is 3.77. The molecule has 3 aromatic rings. The van der Waals surface area contributed by atoms with Crippen molar-refractivity contribution in [3.05, 3.63) is 65.5 Å². The molecular weight excluding hydrogens is 402 g/mol. The standard InChI is InChI=1S/C25H29N5O2/c1-18-26-27-24(32-18)20-10-11-21(22(16-20)29-12-6-7-13-29)25(31)30-15-14-28(2)17-23(30)19-8-4-3-5-9-19/h3-5,8-11,16,23H,6-7,12-15,17H2,1-2H3. The largest absolute Gasteiger partial charge is 0.421 e. The summed E-state index contributed by atoms with van der Waals surface area (Å²) < 4.78 is 5.65. The second-order valence-corrected chi connectivity index (χ2v) is 8.74. The van der Waals surface area contributed by atoms with Gasteiger partial charge < -0.3 is 19.1 Å². The van der Waals surface area contributed by atoms with Crippen molar-refractivity contribution in [1.82, 2.24) is 20.0 Å². The van der Waals surface area contributed by atoms with Crippen molar-refractivity contribution in [2.24, 2.45) is 0 Å². The summed E-state index contributed by atoms with van der Waals surface area (Å²) in [6.07, 6.45) is 2.28. The first-order chi connectivity index (χ1) is 15.6. The van der Waals surface area contributed by atoms with Crippen molar-refractivity contribution in [3.8, 4) is 11.5 Å². The minimum Gasteiger partial charge on any atom is -0.421 e. The number of benzene rings is 2. The van der Waals surface area contributed by atoms with Crippen molar-refractivity contribution in [2.75, 3.05) is 44.7 Å². The Hall–Kier alpha value is -3.19. The Balaban J connectivity index is 1.53. The fourth-order valence-corrected chi connectivity index (χ4v) is 4.76. The van der Waals surface area contributed by atoms with E-state index >= 15 is 0 Å². The minimum absolute atomic E-state index is 0.0344. The quantitative estimate of drug-likeness (QED) is 0.627. The number of nitrogens with zero attached hydrogens (tertiary/aromatic N) is 5. The second-order valence-electron chi connectivity index (χ2n) is 8.74. The maximum Gasteiger partial charge on any atom is 0.256 e. The first kappa shape index (κ1) is 20.7. The van der Waals surface area contributed by atoms with Crippen LogP contribution in [0.3, 0.4) is 0 Å². The molecule has 1 amide bonds. The summed E-state index contributed by atoms with van der Waals surface area (Å²) >= 11 is 0. The van der Waals surface area contributed by atoms with Gasteiger partial charge in [-0.25, -0.2) is 0 Å². The zero-order valence-electron chi connectivity index (χ0n) is 18.7.